The van der Waals surface area contributed by atoms with Gasteiger partial charge in [-0.2, -0.15) is 0 Å². The highest BCUT2D eigenvalue weighted by Gasteiger charge is 2.23. The summed E-state index contributed by atoms with van der Waals surface area (Å²) in [6.45, 7) is 3.94. The van der Waals surface area contributed by atoms with E-state index >= 15 is 0 Å². The number of carbonyl (C=O) groups is 2. The van der Waals surface area contributed by atoms with Crippen LogP contribution in [0.5, 0.6) is 0 Å². The molecular weight excluding hydrogens is 486 g/mol. The van der Waals surface area contributed by atoms with Crippen LogP contribution in [0.15, 0.2) is 102 Å². The molecule has 0 saturated heterocycles. The van der Waals surface area contributed by atoms with Crippen LogP contribution in [-0.4, -0.2) is 16.7 Å². The third-order valence-corrected chi connectivity index (χ3v) is 6.93. The van der Waals surface area contributed by atoms with Gasteiger partial charge in [0, 0.05) is 34.0 Å². The lowest BCUT2D eigenvalue weighted by atomic mass is 10.1. The maximum atomic E-state index is 13.5. The zero-order valence-electron chi connectivity index (χ0n) is 20.3. The van der Waals surface area contributed by atoms with Gasteiger partial charge in [0.25, 0.3) is 11.6 Å². The fourth-order valence-corrected chi connectivity index (χ4v) is 4.77. The summed E-state index contributed by atoms with van der Waals surface area (Å²) in [6, 6.07) is 28.1. The highest BCUT2D eigenvalue weighted by Crippen LogP contribution is 2.37. The second kappa shape index (κ2) is 11.5. The Morgan fingerprint density at radius 3 is 2.27 bits per heavy atom. The molecule has 0 fully saturated rings. The van der Waals surface area contributed by atoms with E-state index in [1.165, 1.54) is 36.0 Å². The normalized spacial score (nSPS) is 11.4. The number of rotatable bonds is 8. The van der Waals surface area contributed by atoms with E-state index in [1.54, 1.807) is 18.2 Å². The van der Waals surface area contributed by atoms with Crippen molar-refractivity contribution in [2.45, 2.75) is 24.0 Å². The molecule has 2 N–H and O–H groups in total. The van der Waals surface area contributed by atoms with Crippen molar-refractivity contribution >= 4 is 40.6 Å². The van der Waals surface area contributed by atoms with Crippen molar-refractivity contribution in [2.75, 3.05) is 10.6 Å². The SMILES string of the molecule is Cc1ccc(C)c(NC(=O)C(Sc2cccc(NC(=O)c3ccc([N+](=O)[O-])cc3)c2)c2ccccc2)c1. The van der Waals surface area contributed by atoms with Gasteiger partial charge in [-0.25, -0.2) is 0 Å². The van der Waals surface area contributed by atoms with E-state index < -0.39 is 10.2 Å². The Hall–Kier alpha value is -4.43. The van der Waals surface area contributed by atoms with Crippen LogP contribution >= 0.6 is 11.8 Å². The van der Waals surface area contributed by atoms with Crippen LogP contribution in [0.3, 0.4) is 0 Å². The molecule has 0 aliphatic carbocycles. The third kappa shape index (κ3) is 6.62. The Labute approximate surface area is 219 Å². The number of anilines is 2. The van der Waals surface area contributed by atoms with Gasteiger partial charge in [0.15, 0.2) is 0 Å². The van der Waals surface area contributed by atoms with Crippen molar-refractivity contribution in [3.8, 4) is 0 Å². The van der Waals surface area contributed by atoms with E-state index in [4.69, 9.17) is 0 Å². The van der Waals surface area contributed by atoms with Gasteiger partial charge in [0.2, 0.25) is 5.91 Å². The first-order chi connectivity index (χ1) is 17.8. The van der Waals surface area contributed by atoms with Crippen molar-refractivity contribution in [2.24, 2.45) is 0 Å². The summed E-state index contributed by atoms with van der Waals surface area (Å²) >= 11 is 1.38. The molecule has 7 nitrogen and oxygen atoms in total. The van der Waals surface area contributed by atoms with Crippen LogP contribution in [0.2, 0.25) is 0 Å². The average Bonchev–Trinajstić information content (AvgIpc) is 2.90. The summed E-state index contributed by atoms with van der Waals surface area (Å²) in [5.41, 5.74) is 4.44. The van der Waals surface area contributed by atoms with Gasteiger partial charge < -0.3 is 10.6 Å². The van der Waals surface area contributed by atoms with Crippen molar-refractivity contribution in [1.29, 1.82) is 0 Å². The summed E-state index contributed by atoms with van der Waals surface area (Å²) in [6.07, 6.45) is 0. The fourth-order valence-electron chi connectivity index (χ4n) is 3.69. The number of nitrogens with zero attached hydrogens (tertiary/aromatic N) is 1. The number of aryl methyl sites for hydroxylation is 2. The van der Waals surface area contributed by atoms with Gasteiger partial charge in [-0.1, -0.05) is 48.5 Å². The highest BCUT2D eigenvalue weighted by atomic mass is 32.2. The van der Waals surface area contributed by atoms with E-state index in [0.717, 1.165) is 27.3 Å². The Bertz CT molecular complexity index is 1440. The Kier molecular flexibility index (Phi) is 8.00. The lowest BCUT2D eigenvalue weighted by Gasteiger charge is -2.19. The number of hydrogen-bond acceptors (Lipinski definition) is 5. The molecule has 0 bridgehead atoms. The monoisotopic (exact) mass is 511 g/mol. The van der Waals surface area contributed by atoms with Crippen LogP contribution < -0.4 is 10.6 Å². The van der Waals surface area contributed by atoms with E-state index in [9.17, 15) is 19.7 Å². The molecule has 1 atom stereocenters. The van der Waals surface area contributed by atoms with E-state index in [2.05, 4.69) is 10.6 Å². The predicted molar refractivity (Wildman–Crippen MR) is 147 cm³/mol. The number of thioether (sulfide) groups is 1. The second-order valence-corrected chi connectivity index (χ2v) is 9.68. The van der Waals surface area contributed by atoms with Crippen LogP contribution in [0.4, 0.5) is 17.1 Å². The minimum atomic E-state index is -0.526. The first-order valence-electron chi connectivity index (χ1n) is 11.6. The molecule has 4 aromatic rings. The molecule has 8 heteroatoms. The molecule has 37 heavy (non-hydrogen) atoms. The summed E-state index contributed by atoms with van der Waals surface area (Å²) in [4.78, 5) is 37.3. The smallest absolute Gasteiger partial charge is 0.269 e. The molecule has 0 aliphatic rings. The summed E-state index contributed by atoms with van der Waals surface area (Å²) in [5.74, 6) is -0.533. The molecule has 1 unspecified atom stereocenters. The van der Waals surface area contributed by atoms with Crippen LogP contribution in [0.1, 0.15) is 32.3 Å². The average molecular weight is 512 g/mol. The standard InChI is InChI=1S/C29H25N3O4S/c1-19-11-12-20(2)26(17-19)31-29(34)27(21-7-4-3-5-8-21)37-25-10-6-9-23(18-25)30-28(33)22-13-15-24(16-14-22)32(35)36/h3-18,27H,1-2H3,(H,30,33)(H,31,34). The molecule has 0 aliphatic heterocycles. The predicted octanol–water partition coefficient (Wildman–Crippen LogP) is 6.94. The van der Waals surface area contributed by atoms with E-state index in [0.29, 0.717) is 11.3 Å². The fraction of sp³-hybridized carbons (Fsp3) is 0.103. The molecule has 0 spiro atoms. The van der Waals surface area contributed by atoms with Gasteiger partial charge in [-0.3, -0.25) is 19.7 Å². The number of nitro groups is 1. The number of amides is 2. The molecule has 4 rings (SSSR count). The third-order valence-electron chi connectivity index (χ3n) is 5.68. The zero-order chi connectivity index (χ0) is 26.4. The van der Waals surface area contributed by atoms with Crippen molar-refractivity contribution in [3.05, 3.63) is 129 Å². The van der Waals surface area contributed by atoms with Crippen molar-refractivity contribution in [1.82, 2.24) is 0 Å². The molecule has 2 amide bonds. The van der Waals surface area contributed by atoms with Gasteiger partial charge in [0.1, 0.15) is 5.25 Å². The van der Waals surface area contributed by atoms with Gasteiger partial charge in [0.05, 0.1) is 4.92 Å². The first kappa shape index (κ1) is 25.7. The molecule has 4 aromatic carbocycles. The van der Waals surface area contributed by atoms with Crippen molar-refractivity contribution < 1.29 is 14.5 Å². The number of carbonyl (C=O) groups excluding carboxylic acids is 2. The largest absolute Gasteiger partial charge is 0.325 e. The zero-order valence-corrected chi connectivity index (χ0v) is 21.1. The Morgan fingerprint density at radius 1 is 0.838 bits per heavy atom. The molecular formula is C29H25N3O4S. The van der Waals surface area contributed by atoms with E-state index in [-0.39, 0.29) is 17.5 Å². The molecule has 0 saturated carbocycles. The number of hydrogen-bond donors (Lipinski definition) is 2. The summed E-state index contributed by atoms with van der Waals surface area (Å²) in [5, 5.41) is 16.2. The molecule has 0 radical (unpaired) electrons. The summed E-state index contributed by atoms with van der Waals surface area (Å²) < 4.78 is 0. The van der Waals surface area contributed by atoms with Crippen LogP contribution in [0.25, 0.3) is 0 Å². The Morgan fingerprint density at radius 2 is 1.57 bits per heavy atom. The lowest BCUT2D eigenvalue weighted by Crippen LogP contribution is -2.19. The first-order valence-corrected chi connectivity index (χ1v) is 12.4. The van der Waals surface area contributed by atoms with Gasteiger partial charge in [-0.15, -0.1) is 11.8 Å². The number of nitro benzene ring substituents is 1. The highest BCUT2D eigenvalue weighted by molar-refractivity contribution is 8.00. The molecule has 186 valence electrons. The number of nitrogens with one attached hydrogen (secondary N) is 2. The van der Waals surface area contributed by atoms with Gasteiger partial charge in [-0.05, 0) is 66.9 Å². The number of benzene rings is 4. The number of non-ortho nitro benzene ring substituents is 1. The minimum Gasteiger partial charge on any atom is -0.325 e. The van der Waals surface area contributed by atoms with Crippen LogP contribution in [-0.2, 0) is 4.79 Å². The molecule has 0 heterocycles. The van der Waals surface area contributed by atoms with Gasteiger partial charge >= 0.3 is 0 Å². The van der Waals surface area contributed by atoms with E-state index in [1.807, 2.05) is 68.4 Å². The maximum Gasteiger partial charge on any atom is 0.269 e. The maximum absolute atomic E-state index is 13.5. The minimum absolute atomic E-state index is 0.0824. The van der Waals surface area contributed by atoms with Crippen LogP contribution in [0, 0.1) is 24.0 Å². The topological polar surface area (TPSA) is 101 Å². The van der Waals surface area contributed by atoms with Crippen molar-refractivity contribution in [3.63, 3.8) is 0 Å². The lowest BCUT2D eigenvalue weighted by molar-refractivity contribution is -0.384. The Balaban J connectivity index is 1.54. The second-order valence-electron chi connectivity index (χ2n) is 8.50. The summed E-state index contributed by atoms with van der Waals surface area (Å²) in [7, 11) is 0. The molecule has 0 aromatic heterocycles. The quantitative estimate of drug-likeness (QED) is 0.152.